The highest BCUT2D eigenvalue weighted by atomic mass is 32.1. The summed E-state index contributed by atoms with van der Waals surface area (Å²) in [7, 11) is 1.69. The summed E-state index contributed by atoms with van der Waals surface area (Å²) < 4.78 is 12.1. The number of pyridine rings is 1. The Balaban J connectivity index is 1.80. The number of anilines is 1. The number of aryl methyl sites for hydroxylation is 1. The Morgan fingerprint density at radius 3 is 2.80 bits per heavy atom. The molecule has 0 radical (unpaired) electrons. The molecule has 4 heterocycles. The molecule has 0 bridgehead atoms. The van der Waals surface area contributed by atoms with Crippen molar-refractivity contribution >= 4 is 37.6 Å². The summed E-state index contributed by atoms with van der Waals surface area (Å²) in [4.78, 5) is 16.3. The number of thiophene rings is 1. The van der Waals surface area contributed by atoms with Gasteiger partial charge in [0.1, 0.15) is 10.6 Å². The summed E-state index contributed by atoms with van der Waals surface area (Å²) in [5, 5.41) is 1.24. The van der Waals surface area contributed by atoms with Crippen molar-refractivity contribution in [2.24, 2.45) is 0 Å². The Morgan fingerprint density at radius 1 is 1.20 bits per heavy atom. The van der Waals surface area contributed by atoms with Crippen LogP contribution in [0.1, 0.15) is 24.0 Å². The number of methoxy groups -OCH3 is 1. The van der Waals surface area contributed by atoms with Gasteiger partial charge in [-0.05, 0) is 41.8 Å². The van der Waals surface area contributed by atoms with E-state index in [1.807, 2.05) is 0 Å². The van der Waals surface area contributed by atoms with Gasteiger partial charge >= 0.3 is 5.88 Å². The van der Waals surface area contributed by atoms with Crippen LogP contribution >= 0.6 is 11.3 Å². The van der Waals surface area contributed by atoms with Gasteiger partial charge in [0.05, 0.1) is 25.7 Å². The van der Waals surface area contributed by atoms with E-state index in [0.29, 0.717) is 0 Å². The fourth-order valence-corrected chi connectivity index (χ4v) is 5.17. The van der Waals surface area contributed by atoms with Gasteiger partial charge in [0.15, 0.2) is 4.70 Å². The van der Waals surface area contributed by atoms with Crippen molar-refractivity contribution in [2.45, 2.75) is 25.7 Å². The lowest BCUT2D eigenvalue weighted by Crippen LogP contribution is -2.37. The summed E-state index contributed by atoms with van der Waals surface area (Å²) in [6.45, 7) is 3.41. The van der Waals surface area contributed by atoms with Crippen LogP contribution in [-0.2, 0) is 17.6 Å². The molecule has 1 aliphatic carbocycles. The topological polar surface area (TPSA) is 61.6 Å². The predicted molar refractivity (Wildman–Crippen MR) is 97.7 cm³/mol. The second kappa shape index (κ2) is 6.07. The first-order chi connectivity index (χ1) is 12.4. The molecule has 0 spiro atoms. The number of hydrogen-bond acceptors (Lipinski definition) is 6. The molecule has 7 heteroatoms. The van der Waals surface area contributed by atoms with E-state index in [2.05, 4.69) is 14.9 Å². The van der Waals surface area contributed by atoms with E-state index in [0.717, 1.165) is 60.1 Å². The Kier molecular flexibility index (Phi) is 3.71. The maximum atomic E-state index is 5.53. The van der Waals surface area contributed by atoms with Crippen molar-refractivity contribution in [3.8, 4) is 5.88 Å². The average molecular weight is 357 g/mol. The smallest absolute Gasteiger partial charge is 0.303 e. The third-order valence-corrected chi connectivity index (χ3v) is 6.29. The SMILES string of the molecule is COc1[nH+]cnc2c1sc1nc(N3CCOCC3)c3c(c12)CCCC3. The van der Waals surface area contributed by atoms with Crippen LogP contribution in [0, 0.1) is 0 Å². The molecule has 0 saturated carbocycles. The summed E-state index contributed by atoms with van der Waals surface area (Å²) in [5.74, 6) is 1.94. The molecule has 1 N–H and O–H groups in total. The van der Waals surface area contributed by atoms with Gasteiger partial charge in [-0.1, -0.05) is 0 Å². The summed E-state index contributed by atoms with van der Waals surface area (Å²) >= 11 is 1.68. The molecule has 6 nitrogen and oxygen atoms in total. The number of morpholine rings is 1. The molecule has 1 aliphatic heterocycles. The van der Waals surface area contributed by atoms with Gasteiger partial charge in [-0.3, -0.25) is 0 Å². The quantitative estimate of drug-likeness (QED) is 0.705. The minimum absolute atomic E-state index is 0.769. The summed E-state index contributed by atoms with van der Waals surface area (Å²) in [6.07, 6.45) is 6.42. The van der Waals surface area contributed by atoms with Gasteiger partial charge in [0.25, 0.3) is 6.33 Å². The molecule has 0 unspecified atom stereocenters. The van der Waals surface area contributed by atoms with Gasteiger partial charge in [0.2, 0.25) is 5.52 Å². The fraction of sp³-hybridized carbons (Fsp3) is 0.500. The molecule has 0 atom stereocenters. The van der Waals surface area contributed by atoms with Gasteiger partial charge < -0.3 is 14.4 Å². The number of fused-ring (bicyclic) bond motifs is 5. The van der Waals surface area contributed by atoms with Crippen molar-refractivity contribution < 1.29 is 14.5 Å². The molecule has 1 fully saturated rings. The third-order valence-electron chi connectivity index (χ3n) is 5.22. The van der Waals surface area contributed by atoms with Crippen molar-refractivity contribution in [3.05, 3.63) is 17.5 Å². The summed E-state index contributed by atoms with van der Waals surface area (Å²) in [6, 6.07) is 0. The highest BCUT2D eigenvalue weighted by Gasteiger charge is 2.28. The molecule has 0 amide bonds. The number of nitrogens with one attached hydrogen (secondary N) is 1. The lowest BCUT2D eigenvalue weighted by molar-refractivity contribution is -0.394. The molecule has 0 aromatic carbocycles. The standard InChI is InChI=1S/C18H20N4O2S/c1-23-17-15-14(19-10-20-17)13-11-4-2-3-5-12(11)16(21-18(13)25-15)22-6-8-24-9-7-22/h10H,2-9H2,1H3/p+1. The number of rotatable bonds is 2. The highest BCUT2D eigenvalue weighted by Crippen LogP contribution is 2.42. The van der Waals surface area contributed by atoms with Gasteiger partial charge in [-0.15, -0.1) is 11.3 Å². The fourth-order valence-electron chi connectivity index (χ4n) is 4.04. The van der Waals surface area contributed by atoms with Crippen LogP contribution < -0.4 is 14.6 Å². The summed E-state index contributed by atoms with van der Waals surface area (Å²) in [5.41, 5.74) is 3.90. The molecule has 3 aromatic rings. The predicted octanol–water partition coefficient (Wildman–Crippen LogP) is 2.38. The lowest BCUT2D eigenvalue weighted by atomic mass is 9.90. The second-order valence-electron chi connectivity index (χ2n) is 6.59. The van der Waals surface area contributed by atoms with Crippen LogP contribution in [-0.4, -0.2) is 43.4 Å². The minimum Gasteiger partial charge on any atom is -0.465 e. The Hall–Kier alpha value is -1.99. The Labute approximate surface area is 149 Å². The van der Waals surface area contributed by atoms with E-state index < -0.39 is 0 Å². The molecule has 25 heavy (non-hydrogen) atoms. The number of ether oxygens (including phenoxy) is 2. The minimum atomic E-state index is 0.769. The van der Waals surface area contributed by atoms with Crippen LogP contribution in [0.15, 0.2) is 6.33 Å². The van der Waals surface area contributed by atoms with Gasteiger partial charge in [-0.2, -0.15) is 0 Å². The molecule has 130 valence electrons. The highest BCUT2D eigenvalue weighted by molar-refractivity contribution is 7.25. The zero-order valence-corrected chi connectivity index (χ0v) is 15.1. The largest absolute Gasteiger partial charge is 0.465 e. The molecule has 2 aliphatic rings. The van der Waals surface area contributed by atoms with Crippen molar-refractivity contribution in [1.82, 2.24) is 9.97 Å². The van der Waals surface area contributed by atoms with Crippen molar-refractivity contribution in [2.75, 3.05) is 38.3 Å². The van der Waals surface area contributed by atoms with Crippen LogP contribution in [0.25, 0.3) is 20.4 Å². The molecular weight excluding hydrogens is 336 g/mol. The maximum Gasteiger partial charge on any atom is 0.303 e. The first-order valence-electron chi connectivity index (χ1n) is 8.88. The van der Waals surface area contributed by atoms with Gasteiger partial charge in [0, 0.05) is 13.1 Å². The number of nitrogens with zero attached hydrogens (tertiary/aromatic N) is 3. The molecular formula is C18H21N4O2S+. The molecule has 1 saturated heterocycles. The van der Waals surface area contributed by atoms with E-state index in [1.54, 1.807) is 24.8 Å². The second-order valence-corrected chi connectivity index (χ2v) is 7.59. The first-order valence-corrected chi connectivity index (χ1v) is 9.70. The number of aromatic amines is 1. The first kappa shape index (κ1) is 15.3. The van der Waals surface area contributed by atoms with Crippen LogP contribution in [0.4, 0.5) is 5.82 Å². The zero-order valence-electron chi connectivity index (χ0n) is 14.3. The van der Waals surface area contributed by atoms with E-state index in [9.17, 15) is 0 Å². The number of H-pyrrole nitrogens is 1. The Bertz CT molecular complexity index is 949. The Morgan fingerprint density at radius 2 is 2.00 bits per heavy atom. The maximum absolute atomic E-state index is 5.53. The lowest BCUT2D eigenvalue weighted by Gasteiger charge is -2.31. The zero-order chi connectivity index (χ0) is 16.8. The number of aromatic nitrogens is 3. The molecule has 5 rings (SSSR count). The van der Waals surface area contributed by atoms with Gasteiger partial charge in [-0.25, -0.2) is 9.97 Å². The number of hydrogen-bond donors (Lipinski definition) is 0. The van der Waals surface area contributed by atoms with E-state index in [-0.39, 0.29) is 0 Å². The van der Waals surface area contributed by atoms with Crippen LogP contribution in [0.5, 0.6) is 5.88 Å². The van der Waals surface area contributed by atoms with Crippen molar-refractivity contribution in [3.63, 3.8) is 0 Å². The monoisotopic (exact) mass is 357 g/mol. The normalized spacial score (nSPS) is 17.9. The van der Waals surface area contributed by atoms with E-state index >= 15 is 0 Å². The molecule has 3 aromatic heterocycles. The average Bonchev–Trinajstić information content (AvgIpc) is 3.07. The third kappa shape index (κ3) is 2.37. The van der Waals surface area contributed by atoms with E-state index in [1.165, 1.54) is 35.2 Å². The van der Waals surface area contributed by atoms with Crippen molar-refractivity contribution in [1.29, 1.82) is 0 Å². The van der Waals surface area contributed by atoms with Crippen LogP contribution in [0.2, 0.25) is 0 Å². The van der Waals surface area contributed by atoms with E-state index in [4.69, 9.17) is 14.5 Å². The van der Waals surface area contributed by atoms with Crippen LogP contribution in [0.3, 0.4) is 0 Å².